The molecule has 0 radical (unpaired) electrons. The molecule has 0 aliphatic carbocycles. The second kappa shape index (κ2) is 5.59. The molecule has 0 unspecified atom stereocenters. The molecule has 0 aliphatic rings. The predicted molar refractivity (Wildman–Crippen MR) is 64.4 cm³/mol. The van der Waals surface area contributed by atoms with Crippen LogP contribution in [0.1, 0.15) is 12.5 Å². The second-order valence-corrected chi connectivity index (χ2v) is 3.07. The maximum atomic E-state index is 5.13. The molecule has 1 aromatic carbocycles. The van der Waals surface area contributed by atoms with Crippen LogP contribution in [-0.2, 0) is 0 Å². The minimum atomic E-state index is -0.0428. The SMILES string of the molecule is CC(/C=N\N=C(N)N)=C/c1ccccc1. The molecule has 1 aromatic rings. The molecule has 1 rings (SSSR count). The molecule has 0 fully saturated rings. The van der Waals surface area contributed by atoms with Crippen LogP contribution in [0.25, 0.3) is 6.08 Å². The molecule has 0 atom stereocenters. The van der Waals surface area contributed by atoms with Gasteiger partial charge < -0.3 is 11.5 Å². The highest BCUT2D eigenvalue weighted by Gasteiger charge is 1.86. The quantitative estimate of drug-likeness (QED) is 0.441. The Labute approximate surface area is 89.0 Å². The third-order valence-electron chi connectivity index (χ3n) is 1.63. The van der Waals surface area contributed by atoms with Gasteiger partial charge in [-0.25, -0.2) is 0 Å². The predicted octanol–water partition coefficient (Wildman–Crippen LogP) is 1.35. The van der Waals surface area contributed by atoms with Crippen LogP contribution in [0.15, 0.2) is 46.1 Å². The van der Waals surface area contributed by atoms with Crippen LogP contribution in [-0.4, -0.2) is 12.2 Å². The van der Waals surface area contributed by atoms with Gasteiger partial charge in [0.15, 0.2) is 0 Å². The summed E-state index contributed by atoms with van der Waals surface area (Å²) in [5, 5.41) is 7.22. The summed E-state index contributed by atoms with van der Waals surface area (Å²) in [4.78, 5) is 0. The lowest BCUT2D eigenvalue weighted by molar-refractivity contribution is 1.21. The summed E-state index contributed by atoms with van der Waals surface area (Å²) in [5.41, 5.74) is 12.3. The molecule has 0 bridgehead atoms. The zero-order chi connectivity index (χ0) is 11.1. The Morgan fingerprint density at radius 2 is 1.87 bits per heavy atom. The standard InChI is InChI=1S/C11H14N4/c1-9(8-14-15-11(12)13)7-10-5-3-2-4-6-10/h2-8H,1H3,(H4,12,13,15)/b9-7-,14-8-. The molecule has 0 aliphatic heterocycles. The fourth-order valence-electron chi connectivity index (χ4n) is 1.04. The number of nitrogens with zero attached hydrogens (tertiary/aromatic N) is 2. The van der Waals surface area contributed by atoms with Crippen molar-refractivity contribution >= 4 is 18.3 Å². The molecule has 0 saturated carbocycles. The van der Waals surface area contributed by atoms with Gasteiger partial charge in [-0.05, 0) is 18.1 Å². The van der Waals surface area contributed by atoms with Crippen LogP contribution in [0, 0.1) is 0 Å². The Hall–Kier alpha value is -2.10. The Morgan fingerprint density at radius 1 is 1.20 bits per heavy atom. The number of benzene rings is 1. The van der Waals surface area contributed by atoms with E-state index in [9.17, 15) is 0 Å². The highest BCUT2D eigenvalue weighted by atomic mass is 15.3. The van der Waals surface area contributed by atoms with Crippen LogP contribution in [0.4, 0.5) is 0 Å². The van der Waals surface area contributed by atoms with E-state index >= 15 is 0 Å². The van der Waals surface area contributed by atoms with Gasteiger partial charge in [-0.3, -0.25) is 0 Å². The Kier molecular flexibility index (Phi) is 4.09. The molecule has 0 aromatic heterocycles. The van der Waals surface area contributed by atoms with Crippen LogP contribution >= 0.6 is 0 Å². The average molecular weight is 202 g/mol. The van der Waals surface area contributed by atoms with E-state index in [1.165, 1.54) is 0 Å². The monoisotopic (exact) mass is 202 g/mol. The van der Waals surface area contributed by atoms with E-state index in [0.29, 0.717) is 0 Å². The molecular formula is C11H14N4. The first kappa shape index (κ1) is 11.0. The minimum absolute atomic E-state index is 0.0428. The average Bonchev–Trinajstić information content (AvgIpc) is 2.18. The van der Waals surface area contributed by atoms with Crippen LogP contribution < -0.4 is 11.5 Å². The van der Waals surface area contributed by atoms with E-state index in [1.807, 2.05) is 43.3 Å². The number of guanidine groups is 1. The van der Waals surface area contributed by atoms with Crippen molar-refractivity contribution in [1.29, 1.82) is 0 Å². The Balaban J connectivity index is 2.69. The second-order valence-electron chi connectivity index (χ2n) is 3.07. The van der Waals surface area contributed by atoms with Gasteiger partial charge in [-0.15, -0.1) is 5.10 Å². The van der Waals surface area contributed by atoms with E-state index < -0.39 is 0 Å². The number of rotatable bonds is 3. The van der Waals surface area contributed by atoms with Crippen molar-refractivity contribution in [3.63, 3.8) is 0 Å². The largest absolute Gasteiger partial charge is 0.369 e. The van der Waals surface area contributed by atoms with E-state index in [-0.39, 0.29) is 5.96 Å². The van der Waals surface area contributed by atoms with E-state index in [1.54, 1.807) is 6.21 Å². The van der Waals surface area contributed by atoms with Gasteiger partial charge in [0.2, 0.25) is 5.96 Å². The van der Waals surface area contributed by atoms with Crippen molar-refractivity contribution in [2.24, 2.45) is 21.7 Å². The third kappa shape index (κ3) is 4.61. The zero-order valence-corrected chi connectivity index (χ0v) is 8.59. The highest BCUT2D eigenvalue weighted by molar-refractivity contribution is 5.85. The summed E-state index contributed by atoms with van der Waals surface area (Å²) in [5.74, 6) is -0.0428. The summed E-state index contributed by atoms with van der Waals surface area (Å²) in [7, 11) is 0. The molecule has 4 heteroatoms. The van der Waals surface area contributed by atoms with Crippen molar-refractivity contribution in [3.05, 3.63) is 41.5 Å². The van der Waals surface area contributed by atoms with Gasteiger partial charge in [-0.2, -0.15) is 5.10 Å². The lowest BCUT2D eigenvalue weighted by Crippen LogP contribution is -2.21. The molecule has 0 heterocycles. The topological polar surface area (TPSA) is 76.8 Å². The molecule has 15 heavy (non-hydrogen) atoms. The summed E-state index contributed by atoms with van der Waals surface area (Å²) >= 11 is 0. The fraction of sp³-hybridized carbons (Fsp3) is 0.0909. The summed E-state index contributed by atoms with van der Waals surface area (Å²) < 4.78 is 0. The third-order valence-corrected chi connectivity index (χ3v) is 1.63. The first-order chi connectivity index (χ1) is 7.18. The van der Waals surface area contributed by atoms with Gasteiger partial charge >= 0.3 is 0 Å². The van der Waals surface area contributed by atoms with E-state index in [4.69, 9.17) is 11.5 Å². The molecular weight excluding hydrogens is 188 g/mol. The van der Waals surface area contributed by atoms with Crippen LogP contribution in [0.3, 0.4) is 0 Å². The van der Waals surface area contributed by atoms with Gasteiger partial charge in [0, 0.05) is 0 Å². The molecule has 0 amide bonds. The summed E-state index contributed by atoms with van der Waals surface area (Å²) in [6.07, 6.45) is 3.60. The van der Waals surface area contributed by atoms with Crippen molar-refractivity contribution < 1.29 is 0 Å². The summed E-state index contributed by atoms with van der Waals surface area (Å²) in [6.45, 7) is 1.93. The maximum Gasteiger partial charge on any atom is 0.211 e. The van der Waals surface area contributed by atoms with Crippen LogP contribution in [0.5, 0.6) is 0 Å². The van der Waals surface area contributed by atoms with Gasteiger partial charge in [0.05, 0.1) is 6.21 Å². The lowest BCUT2D eigenvalue weighted by atomic mass is 10.1. The number of hydrogen-bond acceptors (Lipinski definition) is 2. The number of hydrogen-bond donors (Lipinski definition) is 2. The smallest absolute Gasteiger partial charge is 0.211 e. The molecule has 0 spiro atoms. The normalized spacial score (nSPS) is 11.7. The van der Waals surface area contributed by atoms with Crippen molar-refractivity contribution in [2.75, 3.05) is 0 Å². The van der Waals surface area contributed by atoms with Gasteiger partial charge in [0.1, 0.15) is 0 Å². The van der Waals surface area contributed by atoms with Gasteiger partial charge in [0.25, 0.3) is 0 Å². The molecule has 4 N–H and O–H groups in total. The first-order valence-corrected chi connectivity index (χ1v) is 4.54. The van der Waals surface area contributed by atoms with Crippen molar-refractivity contribution in [1.82, 2.24) is 0 Å². The summed E-state index contributed by atoms with van der Waals surface area (Å²) in [6, 6.07) is 9.95. The number of allylic oxidation sites excluding steroid dienone is 1. The molecule has 4 nitrogen and oxygen atoms in total. The number of nitrogens with two attached hydrogens (primary N) is 2. The van der Waals surface area contributed by atoms with E-state index in [2.05, 4.69) is 10.2 Å². The molecule has 0 saturated heterocycles. The first-order valence-electron chi connectivity index (χ1n) is 4.54. The van der Waals surface area contributed by atoms with Crippen LogP contribution in [0.2, 0.25) is 0 Å². The fourth-order valence-corrected chi connectivity index (χ4v) is 1.04. The van der Waals surface area contributed by atoms with E-state index in [0.717, 1.165) is 11.1 Å². The maximum absolute atomic E-state index is 5.13. The molecule has 78 valence electrons. The Morgan fingerprint density at radius 3 is 2.47 bits per heavy atom. The zero-order valence-electron chi connectivity index (χ0n) is 8.59. The van der Waals surface area contributed by atoms with Crippen molar-refractivity contribution in [2.45, 2.75) is 6.92 Å². The van der Waals surface area contributed by atoms with Gasteiger partial charge in [-0.1, -0.05) is 36.4 Å². The lowest BCUT2D eigenvalue weighted by Gasteiger charge is -1.93. The highest BCUT2D eigenvalue weighted by Crippen LogP contribution is 2.04. The Bertz CT molecular complexity index is 386. The van der Waals surface area contributed by atoms with Crippen molar-refractivity contribution in [3.8, 4) is 0 Å². The minimum Gasteiger partial charge on any atom is -0.369 e.